The van der Waals surface area contributed by atoms with Crippen molar-refractivity contribution in [1.82, 2.24) is 5.43 Å². The van der Waals surface area contributed by atoms with E-state index < -0.39 is 5.97 Å². The molecule has 0 aliphatic heterocycles. The predicted octanol–water partition coefficient (Wildman–Crippen LogP) is 4.51. The summed E-state index contributed by atoms with van der Waals surface area (Å²) in [5.74, 6) is 0.210. The standard InChI is InChI=1S/C23H19BrN2O4/c1-16-5-4-6-19(13-16)29-15-22(27)26-25-14-17-9-11-18(12-10-17)30-23(28)20-7-2-3-8-21(20)24/h2-14H,15H2,1H3,(H,26,27). The first-order valence-corrected chi connectivity index (χ1v) is 9.89. The zero-order valence-electron chi connectivity index (χ0n) is 16.2. The Hall–Kier alpha value is -3.45. The smallest absolute Gasteiger partial charge is 0.344 e. The highest BCUT2D eigenvalue weighted by Gasteiger charge is 2.11. The zero-order chi connectivity index (χ0) is 21.3. The Balaban J connectivity index is 1.48. The molecule has 3 aromatic rings. The molecule has 0 heterocycles. The highest BCUT2D eigenvalue weighted by molar-refractivity contribution is 9.10. The molecule has 0 saturated heterocycles. The van der Waals surface area contributed by atoms with E-state index in [9.17, 15) is 9.59 Å². The second kappa shape index (κ2) is 10.4. The Morgan fingerprint density at radius 1 is 1.00 bits per heavy atom. The number of esters is 1. The monoisotopic (exact) mass is 466 g/mol. The quantitative estimate of drug-likeness (QED) is 0.240. The van der Waals surface area contributed by atoms with Crippen LogP contribution in [-0.2, 0) is 4.79 Å². The molecule has 0 saturated carbocycles. The van der Waals surface area contributed by atoms with Gasteiger partial charge in [-0.2, -0.15) is 5.10 Å². The first-order valence-electron chi connectivity index (χ1n) is 9.09. The van der Waals surface area contributed by atoms with Crippen LogP contribution in [0.2, 0.25) is 0 Å². The van der Waals surface area contributed by atoms with Crippen molar-refractivity contribution in [3.63, 3.8) is 0 Å². The van der Waals surface area contributed by atoms with Crippen LogP contribution in [0.15, 0.2) is 82.4 Å². The van der Waals surface area contributed by atoms with Gasteiger partial charge in [-0.25, -0.2) is 10.2 Å². The fourth-order valence-corrected chi connectivity index (χ4v) is 2.92. The van der Waals surface area contributed by atoms with Crippen molar-refractivity contribution < 1.29 is 19.1 Å². The second-order valence-corrected chi connectivity index (χ2v) is 7.19. The number of nitrogens with one attached hydrogen (secondary N) is 1. The summed E-state index contributed by atoms with van der Waals surface area (Å²) in [6.45, 7) is 1.81. The van der Waals surface area contributed by atoms with Crippen LogP contribution in [0.1, 0.15) is 21.5 Å². The maximum absolute atomic E-state index is 12.2. The first kappa shape index (κ1) is 21.3. The van der Waals surface area contributed by atoms with Crippen molar-refractivity contribution in [2.24, 2.45) is 5.10 Å². The lowest BCUT2D eigenvalue weighted by Crippen LogP contribution is -2.24. The van der Waals surface area contributed by atoms with Gasteiger partial charge >= 0.3 is 5.97 Å². The number of hydrazone groups is 1. The molecule has 0 aliphatic carbocycles. The summed E-state index contributed by atoms with van der Waals surface area (Å²) < 4.78 is 11.4. The Bertz CT molecular complexity index is 1060. The van der Waals surface area contributed by atoms with Crippen molar-refractivity contribution in [3.05, 3.63) is 94.0 Å². The first-order chi connectivity index (χ1) is 14.5. The van der Waals surface area contributed by atoms with Gasteiger partial charge in [0.05, 0.1) is 11.8 Å². The highest BCUT2D eigenvalue weighted by atomic mass is 79.9. The number of amides is 1. The van der Waals surface area contributed by atoms with Crippen LogP contribution in [0, 0.1) is 6.92 Å². The van der Waals surface area contributed by atoms with Crippen LogP contribution in [-0.4, -0.2) is 24.7 Å². The molecular weight excluding hydrogens is 448 g/mol. The SMILES string of the molecule is Cc1cccc(OCC(=O)NN=Cc2ccc(OC(=O)c3ccccc3Br)cc2)c1. The largest absolute Gasteiger partial charge is 0.484 e. The van der Waals surface area contributed by atoms with Crippen LogP contribution in [0.5, 0.6) is 11.5 Å². The topological polar surface area (TPSA) is 77.0 Å². The van der Waals surface area contributed by atoms with Crippen LogP contribution in [0.25, 0.3) is 0 Å². The number of rotatable bonds is 7. The molecule has 0 atom stereocenters. The summed E-state index contributed by atoms with van der Waals surface area (Å²) in [7, 11) is 0. The normalized spacial score (nSPS) is 10.6. The Morgan fingerprint density at radius 3 is 2.50 bits per heavy atom. The highest BCUT2D eigenvalue weighted by Crippen LogP contribution is 2.19. The molecule has 0 radical (unpaired) electrons. The van der Waals surface area contributed by atoms with Gasteiger partial charge in [0.25, 0.3) is 5.91 Å². The predicted molar refractivity (Wildman–Crippen MR) is 118 cm³/mol. The summed E-state index contributed by atoms with van der Waals surface area (Å²) in [6.07, 6.45) is 1.49. The summed E-state index contributed by atoms with van der Waals surface area (Å²) in [6, 6.07) is 21.2. The number of ether oxygens (including phenoxy) is 2. The minimum absolute atomic E-state index is 0.134. The number of halogens is 1. The number of hydrogen-bond acceptors (Lipinski definition) is 5. The van der Waals surface area contributed by atoms with Crippen molar-refractivity contribution in [1.29, 1.82) is 0 Å². The third-order valence-corrected chi connectivity index (χ3v) is 4.64. The lowest BCUT2D eigenvalue weighted by molar-refractivity contribution is -0.123. The number of carbonyl (C=O) groups is 2. The third-order valence-electron chi connectivity index (χ3n) is 3.95. The van der Waals surface area contributed by atoms with E-state index in [1.54, 1.807) is 48.5 Å². The van der Waals surface area contributed by atoms with Gasteiger partial charge in [-0.05, 0) is 82.5 Å². The van der Waals surface area contributed by atoms with E-state index in [1.807, 2.05) is 31.2 Å². The van der Waals surface area contributed by atoms with E-state index in [0.717, 1.165) is 11.1 Å². The maximum atomic E-state index is 12.2. The summed E-state index contributed by atoms with van der Waals surface area (Å²) in [4.78, 5) is 24.0. The molecule has 152 valence electrons. The molecule has 30 heavy (non-hydrogen) atoms. The molecule has 1 N–H and O–H groups in total. The summed E-state index contributed by atoms with van der Waals surface area (Å²) in [5, 5.41) is 3.90. The van der Waals surface area contributed by atoms with Crippen LogP contribution in [0.3, 0.4) is 0 Å². The van der Waals surface area contributed by atoms with E-state index in [-0.39, 0.29) is 12.5 Å². The lowest BCUT2D eigenvalue weighted by Gasteiger charge is -2.06. The lowest BCUT2D eigenvalue weighted by atomic mass is 10.2. The molecule has 6 nitrogen and oxygen atoms in total. The fourth-order valence-electron chi connectivity index (χ4n) is 2.48. The van der Waals surface area contributed by atoms with Gasteiger partial charge in [0.1, 0.15) is 11.5 Å². The molecule has 7 heteroatoms. The van der Waals surface area contributed by atoms with E-state index >= 15 is 0 Å². The number of nitrogens with zero attached hydrogens (tertiary/aromatic N) is 1. The fraction of sp³-hybridized carbons (Fsp3) is 0.0870. The minimum Gasteiger partial charge on any atom is -0.484 e. The molecule has 0 fully saturated rings. The summed E-state index contributed by atoms with van der Waals surface area (Å²) >= 11 is 3.33. The van der Waals surface area contributed by atoms with Gasteiger partial charge in [0.2, 0.25) is 0 Å². The van der Waals surface area contributed by atoms with E-state index in [0.29, 0.717) is 21.5 Å². The molecule has 0 unspecified atom stereocenters. The number of hydrogen-bond donors (Lipinski definition) is 1. The van der Waals surface area contributed by atoms with Crippen molar-refractivity contribution in [2.45, 2.75) is 6.92 Å². The minimum atomic E-state index is -0.454. The third kappa shape index (κ3) is 6.28. The van der Waals surface area contributed by atoms with E-state index in [2.05, 4.69) is 26.5 Å². The molecule has 0 spiro atoms. The van der Waals surface area contributed by atoms with Gasteiger partial charge in [0, 0.05) is 4.47 Å². The van der Waals surface area contributed by atoms with E-state index in [4.69, 9.17) is 9.47 Å². The number of aryl methyl sites for hydroxylation is 1. The molecule has 0 aromatic heterocycles. The zero-order valence-corrected chi connectivity index (χ0v) is 17.8. The average molecular weight is 467 g/mol. The van der Waals surface area contributed by atoms with Gasteiger partial charge in [0.15, 0.2) is 6.61 Å². The number of carbonyl (C=O) groups excluding carboxylic acids is 2. The van der Waals surface area contributed by atoms with Crippen LogP contribution >= 0.6 is 15.9 Å². The number of benzene rings is 3. The van der Waals surface area contributed by atoms with Gasteiger partial charge in [-0.15, -0.1) is 0 Å². The Morgan fingerprint density at radius 2 is 1.77 bits per heavy atom. The molecule has 0 bridgehead atoms. The van der Waals surface area contributed by atoms with Crippen molar-refractivity contribution >= 4 is 34.0 Å². The van der Waals surface area contributed by atoms with E-state index in [1.165, 1.54) is 6.21 Å². The molecule has 0 aliphatic rings. The summed E-state index contributed by atoms with van der Waals surface area (Å²) in [5.41, 5.74) is 4.63. The van der Waals surface area contributed by atoms with Crippen LogP contribution < -0.4 is 14.9 Å². The second-order valence-electron chi connectivity index (χ2n) is 6.34. The van der Waals surface area contributed by atoms with Gasteiger partial charge in [-0.3, -0.25) is 4.79 Å². The maximum Gasteiger partial charge on any atom is 0.344 e. The van der Waals surface area contributed by atoms with Gasteiger partial charge in [-0.1, -0.05) is 24.3 Å². The van der Waals surface area contributed by atoms with Crippen molar-refractivity contribution in [2.75, 3.05) is 6.61 Å². The average Bonchev–Trinajstić information content (AvgIpc) is 2.74. The van der Waals surface area contributed by atoms with Crippen molar-refractivity contribution in [3.8, 4) is 11.5 Å². The van der Waals surface area contributed by atoms with Gasteiger partial charge < -0.3 is 9.47 Å². The molecule has 3 aromatic carbocycles. The Labute approximate surface area is 182 Å². The molecule has 1 amide bonds. The Kier molecular flexibility index (Phi) is 7.34. The molecular formula is C23H19BrN2O4. The molecule has 3 rings (SSSR count). The van der Waals surface area contributed by atoms with Crippen LogP contribution in [0.4, 0.5) is 0 Å².